The molecule has 0 bridgehead atoms. The van der Waals surface area contributed by atoms with Crippen LogP contribution >= 0.6 is 22.9 Å². The Hall–Kier alpha value is -1.66. The van der Waals surface area contributed by atoms with E-state index in [-0.39, 0.29) is 5.28 Å². The van der Waals surface area contributed by atoms with Crippen LogP contribution in [0, 0.1) is 0 Å². The topological polar surface area (TPSA) is 57.7 Å². The molecule has 7 heteroatoms. The zero-order chi connectivity index (χ0) is 12.8. The molecule has 4 rings (SSSR count). The smallest absolute Gasteiger partial charge is 0.226 e. The van der Waals surface area contributed by atoms with Gasteiger partial charge in [0, 0.05) is 18.0 Å². The van der Waals surface area contributed by atoms with E-state index in [4.69, 9.17) is 11.6 Å². The highest BCUT2D eigenvalue weighted by Crippen LogP contribution is 2.30. The minimum absolute atomic E-state index is 0.253. The lowest BCUT2D eigenvalue weighted by Gasteiger charge is -2.28. The number of aromatic nitrogens is 4. The molecule has 0 saturated carbocycles. The van der Waals surface area contributed by atoms with Crippen LogP contribution in [0.25, 0.3) is 11.0 Å². The van der Waals surface area contributed by atoms with Crippen LogP contribution in [-0.4, -0.2) is 26.7 Å². The summed E-state index contributed by atoms with van der Waals surface area (Å²) < 4.78 is 0. The molecular weight excluding hydrogens is 282 g/mol. The normalized spacial score (nSPS) is 14.9. The third-order valence-corrected chi connectivity index (χ3v) is 4.56. The fraction of sp³-hybridized carbons (Fsp3) is 0.250. The van der Waals surface area contributed by atoms with Crippen molar-refractivity contribution < 1.29 is 0 Å². The van der Waals surface area contributed by atoms with Gasteiger partial charge in [-0.15, -0.1) is 11.3 Å². The van der Waals surface area contributed by atoms with Gasteiger partial charge in [-0.1, -0.05) is 0 Å². The molecule has 0 saturated heterocycles. The maximum absolute atomic E-state index is 5.98. The molecule has 3 aromatic rings. The van der Waals surface area contributed by atoms with Crippen LogP contribution in [0.3, 0.4) is 0 Å². The lowest BCUT2D eigenvalue weighted by Crippen LogP contribution is -2.30. The van der Waals surface area contributed by atoms with Crippen LogP contribution in [0.15, 0.2) is 17.6 Å². The first-order chi connectivity index (χ1) is 9.31. The SMILES string of the molecule is Clc1nc(N2CCc3sccc3C2)c2cn[nH]c2n1. The van der Waals surface area contributed by atoms with Crippen LogP contribution < -0.4 is 4.90 Å². The van der Waals surface area contributed by atoms with Crippen LogP contribution in [0.2, 0.25) is 5.28 Å². The number of hydrogen-bond acceptors (Lipinski definition) is 5. The molecule has 1 aliphatic rings. The summed E-state index contributed by atoms with van der Waals surface area (Å²) in [6, 6.07) is 2.18. The molecule has 3 aromatic heterocycles. The van der Waals surface area contributed by atoms with Crippen molar-refractivity contribution in [1.82, 2.24) is 20.2 Å². The monoisotopic (exact) mass is 291 g/mol. The van der Waals surface area contributed by atoms with Gasteiger partial charge in [-0.3, -0.25) is 5.10 Å². The Kier molecular flexibility index (Phi) is 2.46. The minimum atomic E-state index is 0.253. The molecule has 0 spiro atoms. The van der Waals surface area contributed by atoms with Gasteiger partial charge in [-0.2, -0.15) is 15.1 Å². The number of H-pyrrole nitrogens is 1. The molecule has 0 radical (unpaired) electrons. The number of halogens is 1. The molecular formula is C12H10ClN5S. The van der Waals surface area contributed by atoms with Gasteiger partial charge in [-0.25, -0.2) is 0 Å². The van der Waals surface area contributed by atoms with Gasteiger partial charge in [0.15, 0.2) is 5.65 Å². The summed E-state index contributed by atoms with van der Waals surface area (Å²) in [7, 11) is 0. The number of anilines is 1. The van der Waals surface area contributed by atoms with E-state index in [1.54, 1.807) is 6.20 Å². The largest absolute Gasteiger partial charge is 0.351 e. The van der Waals surface area contributed by atoms with E-state index in [1.165, 1.54) is 10.4 Å². The van der Waals surface area contributed by atoms with E-state index in [9.17, 15) is 0 Å². The summed E-state index contributed by atoms with van der Waals surface area (Å²) >= 11 is 7.81. The first-order valence-electron chi connectivity index (χ1n) is 5.98. The quantitative estimate of drug-likeness (QED) is 0.700. The van der Waals surface area contributed by atoms with Crippen molar-refractivity contribution >= 4 is 39.8 Å². The Balaban J connectivity index is 1.81. The van der Waals surface area contributed by atoms with E-state index < -0.39 is 0 Å². The summed E-state index contributed by atoms with van der Waals surface area (Å²) in [6.07, 6.45) is 2.80. The first-order valence-corrected chi connectivity index (χ1v) is 7.24. The summed E-state index contributed by atoms with van der Waals surface area (Å²) in [6.45, 7) is 1.81. The maximum Gasteiger partial charge on any atom is 0.226 e. The zero-order valence-electron chi connectivity index (χ0n) is 9.93. The highest BCUT2D eigenvalue weighted by atomic mass is 35.5. The average molecular weight is 292 g/mol. The van der Waals surface area contributed by atoms with Gasteiger partial charge in [0.05, 0.1) is 11.6 Å². The number of fused-ring (bicyclic) bond motifs is 2. The van der Waals surface area contributed by atoms with E-state index in [1.807, 2.05) is 11.3 Å². The molecule has 0 unspecified atom stereocenters. The standard InChI is InChI=1S/C12H10ClN5S/c13-12-15-10-8(5-14-17-10)11(16-12)18-3-1-9-7(6-18)2-4-19-9/h2,4-5H,1,3,6H2,(H,14,15,16,17). The molecule has 4 heterocycles. The summed E-state index contributed by atoms with van der Waals surface area (Å²) in [5.41, 5.74) is 2.06. The fourth-order valence-corrected chi connectivity index (χ4v) is 3.52. The second kappa shape index (κ2) is 4.18. The predicted octanol–water partition coefficient (Wildman–Crippen LogP) is 2.63. The highest BCUT2D eigenvalue weighted by molar-refractivity contribution is 7.10. The predicted molar refractivity (Wildman–Crippen MR) is 75.8 cm³/mol. The van der Waals surface area contributed by atoms with Crippen LogP contribution in [0.1, 0.15) is 10.4 Å². The minimum Gasteiger partial charge on any atom is -0.351 e. The van der Waals surface area contributed by atoms with Gasteiger partial charge in [0.2, 0.25) is 5.28 Å². The van der Waals surface area contributed by atoms with Gasteiger partial charge in [0.25, 0.3) is 0 Å². The number of aromatic amines is 1. The van der Waals surface area contributed by atoms with Crippen molar-refractivity contribution in [3.05, 3.63) is 33.4 Å². The van der Waals surface area contributed by atoms with Crippen molar-refractivity contribution in [1.29, 1.82) is 0 Å². The van der Waals surface area contributed by atoms with E-state index in [2.05, 4.69) is 36.5 Å². The number of thiophene rings is 1. The molecule has 96 valence electrons. The van der Waals surface area contributed by atoms with Crippen LogP contribution in [0.5, 0.6) is 0 Å². The Bertz CT molecular complexity index is 750. The molecule has 1 aliphatic heterocycles. The molecule has 0 atom stereocenters. The van der Waals surface area contributed by atoms with Crippen molar-refractivity contribution in [2.45, 2.75) is 13.0 Å². The number of nitrogens with one attached hydrogen (secondary N) is 1. The molecule has 1 N–H and O–H groups in total. The number of hydrogen-bond donors (Lipinski definition) is 1. The lowest BCUT2D eigenvalue weighted by atomic mass is 10.1. The molecule has 0 aromatic carbocycles. The first kappa shape index (κ1) is 11.2. The van der Waals surface area contributed by atoms with Gasteiger partial charge in [0.1, 0.15) is 5.82 Å². The lowest BCUT2D eigenvalue weighted by molar-refractivity contribution is 0.734. The fourth-order valence-electron chi connectivity index (χ4n) is 2.46. The van der Waals surface area contributed by atoms with Gasteiger partial charge in [-0.05, 0) is 35.0 Å². The average Bonchev–Trinajstić information content (AvgIpc) is 3.04. The summed E-state index contributed by atoms with van der Waals surface area (Å²) in [5, 5.41) is 10.2. The van der Waals surface area contributed by atoms with Crippen molar-refractivity contribution in [3.63, 3.8) is 0 Å². The molecule has 5 nitrogen and oxygen atoms in total. The maximum atomic E-state index is 5.98. The zero-order valence-corrected chi connectivity index (χ0v) is 11.5. The van der Waals surface area contributed by atoms with Gasteiger partial charge >= 0.3 is 0 Å². The Labute approximate surface area is 118 Å². The van der Waals surface area contributed by atoms with Crippen molar-refractivity contribution in [3.8, 4) is 0 Å². The Morgan fingerprint density at radius 2 is 2.32 bits per heavy atom. The van der Waals surface area contributed by atoms with Crippen molar-refractivity contribution in [2.24, 2.45) is 0 Å². The highest BCUT2D eigenvalue weighted by Gasteiger charge is 2.21. The second-order valence-corrected chi connectivity index (χ2v) is 5.83. The molecule has 0 fully saturated rings. The third kappa shape index (κ3) is 1.79. The third-order valence-electron chi connectivity index (χ3n) is 3.37. The Morgan fingerprint density at radius 3 is 3.26 bits per heavy atom. The van der Waals surface area contributed by atoms with E-state index in [0.29, 0.717) is 5.65 Å². The number of nitrogens with zero attached hydrogens (tertiary/aromatic N) is 4. The summed E-state index contributed by atoms with van der Waals surface area (Å²) in [4.78, 5) is 12.2. The van der Waals surface area contributed by atoms with E-state index in [0.717, 1.165) is 30.7 Å². The number of rotatable bonds is 1. The van der Waals surface area contributed by atoms with Gasteiger partial charge < -0.3 is 4.90 Å². The molecule has 19 heavy (non-hydrogen) atoms. The molecule has 0 aliphatic carbocycles. The van der Waals surface area contributed by atoms with Crippen LogP contribution in [0.4, 0.5) is 5.82 Å². The summed E-state index contributed by atoms with van der Waals surface area (Å²) in [5.74, 6) is 0.862. The second-order valence-electron chi connectivity index (χ2n) is 4.49. The molecule has 0 amide bonds. The van der Waals surface area contributed by atoms with Crippen LogP contribution in [-0.2, 0) is 13.0 Å². The van der Waals surface area contributed by atoms with E-state index >= 15 is 0 Å². The Morgan fingerprint density at radius 1 is 1.37 bits per heavy atom. The van der Waals surface area contributed by atoms with Crippen molar-refractivity contribution in [2.75, 3.05) is 11.4 Å².